The molecule has 116 valence electrons. The van der Waals surface area contributed by atoms with Crippen LogP contribution in [0.2, 0.25) is 0 Å². The normalized spacial score (nSPS) is 13.4. The summed E-state index contributed by atoms with van der Waals surface area (Å²) in [6.45, 7) is 5.89. The van der Waals surface area contributed by atoms with Gasteiger partial charge in [-0.25, -0.2) is 0 Å². The highest BCUT2D eigenvalue weighted by molar-refractivity contribution is 9.10. The first kappa shape index (κ1) is 15.4. The van der Waals surface area contributed by atoms with Gasteiger partial charge >= 0.3 is 0 Å². The fraction of sp³-hybridized carbons (Fsp3) is 0.333. The number of rotatable bonds is 5. The lowest BCUT2D eigenvalue weighted by Gasteiger charge is -2.25. The third-order valence-electron chi connectivity index (χ3n) is 3.77. The van der Waals surface area contributed by atoms with Gasteiger partial charge in [0, 0.05) is 9.89 Å². The van der Waals surface area contributed by atoms with Gasteiger partial charge in [-0.1, -0.05) is 48.0 Å². The molecule has 1 aliphatic rings. The molecular weight excluding hydrogens is 344 g/mol. The summed E-state index contributed by atoms with van der Waals surface area (Å²) in [5, 5.41) is 0. The summed E-state index contributed by atoms with van der Waals surface area (Å²) in [5.41, 5.74) is 2.26. The van der Waals surface area contributed by atoms with Crippen molar-refractivity contribution in [3.05, 3.63) is 58.1 Å². The minimum atomic E-state index is -0.0903. The molecule has 0 radical (unpaired) electrons. The lowest BCUT2D eigenvalue weighted by atomic mass is 9.85. The molecule has 0 aromatic heterocycles. The van der Waals surface area contributed by atoms with Crippen molar-refractivity contribution in [3.63, 3.8) is 0 Å². The van der Waals surface area contributed by atoms with Crippen molar-refractivity contribution in [1.29, 1.82) is 0 Å². The molecule has 0 amide bonds. The molecule has 1 heterocycles. The van der Waals surface area contributed by atoms with E-state index in [1.165, 1.54) is 5.56 Å². The van der Waals surface area contributed by atoms with Crippen LogP contribution in [0.15, 0.2) is 46.9 Å². The summed E-state index contributed by atoms with van der Waals surface area (Å²) in [6, 6.07) is 14.3. The largest absolute Gasteiger partial charge is 0.454 e. The molecule has 0 fully saturated rings. The smallest absolute Gasteiger partial charge is 0.231 e. The second-order valence-electron chi connectivity index (χ2n) is 6.07. The van der Waals surface area contributed by atoms with Crippen LogP contribution in [-0.4, -0.2) is 13.4 Å². The predicted molar refractivity (Wildman–Crippen MR) is 89.4 cm³/mol. The van der Waals surface area contributed by atoms with E-state index in [0.717, 1.165) is 21.5 Å². The molecule has 0 saturated carbocycles. The zero-order valence-corrected chi connectivity index (χ0v) is 14.4. The third kappa shape index (κ3) is 3.45. The Bertz CT molecular complexity index is 667. The minimum Gasteiger partial charge on any atom is -0.454 e. The van der Waals surface area contributed by atoms with Crippen LogP contribution in [-0.2, 0) is 16.8 Å². The Balaban J connectivity index is 1.63. The molecule has 1 aliphatic heterocycles. The van der Waals surface area contributed by atoms with Gasteiger partial charge in [-0.2, -0.15) is 0 Å². The maximum atomic E-state index is 5.92. The van der Waals surface area contributed by atoms with Crippen LogP contribution in [0.5, 0.6) is 11.5 Å². The lowest BCUT2D eigenvalue weighted by Crippen LogP contribution is -2.24. The SMILES string of the molecule is CC(C)(COCc1cccc(Br)c1)c1ccc2c(c1)OCO2. The number of halogens is 1. The zero-order valence-electron chi connectivity index (χ0n) is 12.8. The van der Waals surface area contributed by atoms with Gasteiger partial charge in [0.2, 0.25) is 6.79 Å². The van der Waals surface area contributed by atoms with Crippen LogP contribution in [0.4, 0.5) is 0 Å². The van der Waals surface area contributed by atoms with Crippen molar-refractivity contribution in [3.8, 4) is 11.5 Å². The number of benzene rings is 2. The van der Waals surface area contributed by atoms with E-state index in [-0.39, 0.29) is 5.41 Å². The zero-order chi connectivity index (χ0) is 15.6. The van der Waals surface area contributed by atoms with Crippen molar-refractivity contribution in [2.24, 2.45) is 0 Å². The van der Waals surface area contributed by atoms with E-state index in [4.69, 9.17) is 14.2 Å². The molecule has 3 rings (SSSR count). The summed E-state index contributed by atoms with van der Waals surface area (Å²) < 4.78 is 17.8. The van der Waals surface area contributed by atoms with Gasteiger partial charge in [0.25, 0.3) is 0 Å². The van der Waals surface area contributed by atoms with E-state index in [2.05, 4.69) is 48.0 Å². The van der Waals surface area contributed by atoms with Gasteiger partial charge in [-0.05, 0) is 35.4 Å². The molecule has 0 unspecified atom stereocenters. The Labute approximate surface area is 139 Å². The Kier molecular flexibility index (Phi) is 4.41. The number of fused-ring (bicyclic) bond motifs is 1. The van der Waals surface area contributed by atoms with Crippen LogP contribution in [0.1, 0.15) is 25.0 Å². The highest BCUT2D eigenvalue weighted by Crippen LogP contribution is 2.36. The van der Waals surface area contributed by atoms with Crippen LogP contribution < -0.4 is 9.47 Å². The van der Waals surface area contributed by atoms with Crippen molar-refractivity contribution in [2.45, 2.75) is 25.9 Å². The first-order chi connectivity index (χ1) is 10.5. The van der Waals surface area contributed by atoms with Gasteiger partial charge in [-0.15, -0.1) is 0 Å². The van der Waals surface area contributed by atoms with Gasteiger partial charge in [-0.3, -0.25) is 0 Å². The Morgan fingerprint density at radius 1 is 1.09 bits per heavy atom. The first-order valence-electron chi connectivity index (χ1n) is 7.27. The standard InChI is InChI=1S/C18H19BrO3/c1-18(2,11-20-10-13-4-3-5-15(19)8-13)14-6-7-16-17(9-14)22-12-21-16/h3-9H,10-12H2,1-2H3. The molecule has 0 saturated heterocycles. The van der Waals surface area contributed by atoms with Crippen LogP contribution in [0, 0.1) is 0 Å². The molecule has 0 spiro atoms. The molecule has 0 atom stereocenters. The molecular formula is C18H19BrO3. The van der Waals surface area contributed by atoms with Gasteiger partial charge in [0.15, 0.2) is 11.5 Å². The first-order valence-corrected chi connectivity index (χ1v) is 8.06. The maximum absolute atomic E-state index is 5.92. The molecule has 3 nitrogen and oxygen atoms in total. The molecule has 0 bridgehead atoms. The minimum absolute atomic E-state index is 0.0903. The quantitative estimate of drug-likeness (QED) is 0.773. The van der Waals surface area contributed by atoms with E-state index in [9.17, 15) is 0 Å². The van der Waals surface area contributed by atoms with Gasteiger partial charge in [0.1, 0.15) is 0 Å². The number of hydrogen-bond acceptors (Lipinski definition) is 3. The third-order valence-corrected chi connectivity index (χ3v) is 4.27. The summed E-state index contributed by atoms with van der Waals surface area (Å²) in [7, 11) is 0. The number of ether oxygens (including phenoxy) is 3. The molecule has 0 N–H and O–H groups in total. The van der Waals surface area contributed by atoms with Crippen molar-refractivity contribution < 1.29 is 14.2 Å². The van der Waals surface area contributed by atoms with E-state index >= 15 is 0 Å². The second-order valence-corrected chi connectivity index (χ2v) is 6.99. The van der Waals surface area contributed by atoms with E-state index in [1.54, 1.807) is 0 Å². The van der Waals surface area contributed by atoms with Crippen LogP contribution in [0.3, 0.4) is 0 Å². The lowest BCUT2D eigenvalue weighted by molar-refractivity contribution is 0.0824. The average Bonchev–Trinajstić information content (AvgIpc) is 2.94. The molecule has 4 heteroatoms. The van der Waals surface area contributed by atoms with E-state index < -0.39 is 0 Å². The van der Waals surface area contributed by atoms with Crippen molar-refractivity contribution >= 4 is 15.9 Å². The van der Waals surface area contributed by atoms with E-state index in [1.807, 2.05) is 24.3 Å². The average molecular weight is 363 g/mol. The van der Waals surface area contributed by atoms with Gasteiger partial charge in [0.05, 0.1) is 13.2 Å². The molecule has 22 heavy (non-hydrogen) atoms. The van der Waals surface area contributed by atoms with Gasteiger partial charge < -0.3 is 14.2 Å². The summed E-state index contributed by atoms with van der Waals surface area (Å²) in [4.78, 5) is 0. The Hall–Kier alpha value is -1.52. The second kappa shape index (κ2) is 6.31. The monoisotopic (exact) mass is 362 g/mol. The summed E-state index contributed by atoms with van der Waals surface area (Å²) in [6.07, 6.45) is 0. The highest BCUT2D eigenvalue weighted by atomic mass is 79.9. The Morgan fingerprint density at radius 3 is 2.73 bits per heavy atom. The summed E-state index contributed by atoms with van der Waals surface area (Å²) in [5.74, 6) is 1.63. The molecule has 2 aromatic rings. The fourth-order valence-electron chi connectivity index (χ4n) is 2.45. The summed E-state index contributed by atoms with van der Waals surface area (Å²) >= 11 is 3.48. The highest BCUT2D eigenvalue weighted by Gasteiger charge is 2.24. The van der Waals surface area contributed by atoms with Crippen molar-refractivity contribution in [2.75, 3.05) is 13.4 Å². The molecule has 2 aromatic carbocycles. The maximum Gasteiger partial charge on any atom is 0.231 e. The van der Waals surface area contributed by atoms with Crippen LogP contribution in [0.25, 0.3) is 0 Å². The fourth-order valence-corrected chi connectivity index (χ4v) is 2.90. The Morgan fingerprint density at radius 2 is 1.91 bits per heavy atom. The molecule has 0 aliphatic carbocycles. The van der Waals surface area contributed by atoms with Crippen molar-refractivity contribution in [1.82, 2.24) is 0 Å². The number of hydrogen-bond donors (Lipinski definition) is 0. The predicted octanol–water partition coefficient (Wildman–Crippen LogP) is 4.67. The topological polar surface area (TPSA) is 27.7 Å². The van der Waals surface area contributed by atoms with Crippen LogP contribution >= 0.6 is 15.9 Å². The van der Waals surface area contributed by atoms with E-state index in [0.29, 0.717) is 20.0 Å².